The van der Waals surface area contributed by atoms with Crippen molar-refractivity contribution in [3.8, 4) is 0 Å². The van der Waals surface area contributed by atoms with Gasteiger partial charge in [-0.1, -0.05) is 13.3 Å². The molecule has 0 saturated carbocycles. The molecule has 2 heterocycles. The van der Waals surface area contributed by atoms with Crippen molar-refractivity contribution in [2.45, 2.75) is 32.9 Å². The Balaban J connectivity index is 1.96. The molecule has 1 aromatic carbocycles. The third-order valence-electron chi connectivity index (χ3n) is 4.08. The molecule has 27 heavy (non-hydrogen) atoms. The molecule has 0 radical (unpaired) electrons. The van der Waals surface area contributed by atoms with Gasteiger partial charge in [-0.25, -0.2) is 13.6 Å². The monoisotopic (exact) mass is 393 g/mol. The number of carbonyl (C=O) groups excluding carboxylic acids is 1. The number of rotatable bonds is 6. The Morgan fingerprint density at radius 1 is 1.19 bits per heavy atom. The molecule has 3 rings (SSSR count). The molecule has 0 fully saturated rings. The van der Waals surface area contributed by atoms with Crippen molar-refractivity contribution >= 4 is 33.1 Å². The van der Waals surface area contributed by atoms with Crippen LogP contribution in [0.2, 0.25) is 0 Å². The van der Waals surface area contributed by atoms with Crippen molar-refractivity contribution in [3.63, 3.8) is 0 Å². The molecule has 0 aliphatic heterocycles. The molecule has 6 nitrogen and oxygen atoms in total. The Morgan fingerprint density at radius 3 is 2.67 bits per heavy atom. The zero-order valence-corrected chi connectivity index (χ0v) is 15.3. The second kappa shape index (κ2) is 7.83. The third-order valence-corrected chi connectivity index (χ3v) is 4.97. The summed E-state index contributed by atoms with van der Waals surface area (Å²) in [4.78, 5) is 37.6. The summed E-state index contributed by atoms with van der Waals surface area (Å²) < 4.78 is 29.4. The van der Waals surface area contributed by atoms with Crippen LogP contribution in [0.25, 0.3) is 10.2 Å². The quantitative estimate of drug-likeness (QED) is 0.700. The average Bonchev–Trinajstić information content (AvgIpc) is 3.11. The number of benzene rings is 1. The number of halogens is 2. The number of carbonyl (C=O) groups is 1. The number of aromatic nitrogens is 2. The first-order valence-electron chi connectivity index (χ1n) is 8.38. The van der Waals surface area contributed by atoms with Gasteiger partial charge in [0.25, 0.3) is 5.56 Å². The molecule has 0 atom stereocenters. The lowest BCUT2D eigenvalue weighted by atomic mass is 10.3. The first-order valence-corrected chi connectivity index (χ1v) is 9.26. The normalized spacial score (nSPS) is 11.1. The first-order chi connectivity index (χ1) is 12.9. The molecule has 0 aliphatic carbocycles. The summed E-state index contributed by atoms with van der Waals surface area (Å²) in [6.07, 6.45) is 1.46. The van der Waals surface area contributed by atoms with Crippen LogP contribution in [-0.4, -0.2) is 15.0 Å². The van der Waals surface area contributed by atoms with Crippen LogP contribution in [0.4, 0.5) is 14.5 Å². The van der Waals surface area contributed by atoms with E-state index in [-0.39, 0.29) is 17.8 Å². The predicted molar refractivity (Wildman–Crippen MR) is 100 cm³/mol. The van der Waals surface area contributed by atoms with Crippen molar-refractivity contribution in [2.75, 3.05) is 5.32 Å². The van der Waals surface area contributed by atoms with E-state index in [1.54, 1.807) is 11.4 Å². The van der Waals surface area contributed by atoms with Crippen LogP contribution in [0.3, 0.4) is 0 Å². The molecular formula is C18H17F2N3O3S. The van der Waals surface area contributed by atoms with Gasteiger partial charge in [-0.2, -0.15) is 0 Å². The molecule has 0 aliphatic rings. The Labute approximate surface area is 156 Å². The van der Waals surface area contributed by atoms with Crippen LogP contribution in [0.5, 0.6) is 0 Å². The van der Waals surface area contributed by atoms with Gasteiger partial charge in [0.15, 0.2) is 0 Å². The van der Waals surface area contributed by atoms with Crippen LogP contribution in [0.1, 0.15) is 19.8 Å². The average molecular weight is 393 g/mol. The second-order valence-corrected chi connectivity index (χ2v) is 6.90. The lowest BCUT2D eigenvalue weighted by molar-refractivity contribution is -0.116. The standard InChI is InChI=1S/C18H17F2N3O3S/c1-2-3-7-22-17(25)16-14(6-8-27-16)23(18(22)26)10-15(24)21-13-5-4-11(19)9-12(13)20/h4-6,8-9H,2-3,7,10H2,1H3,(H,21,24). The summed E-state index contributed by atoms with van der Waals surface area (Å²) in [6.45, 7) is 1.81. The van der Waals surface area contributed by atoms with Crippen LogP contribution in [0, 0.1) is 11.6 Å². The van der Waals surface area contributed by atoms with Gasteiger partial charge in [-0.15, -0.1) is 11.3 Å². The van der Waals surface area contributed by atoms with E-state index in [1.807, 2.05) is 6.92 Å². The molecule has 0 spiro atoms. The minimum atomic E-state index is -0.913. The Hall–Kier alpha value is -2.81. The second-order valence-electron chi connectivity index (χ2n) is 5.99. The largest absolute Gasteiger partial charge is 0.332 e. The van der Waals surface area contributed by atoms with Crippen LogP contribution >= 0.6 is 11.3 Å². The Bertz CT molecular complexity index is 1120. The molecule has 9 heteroatoms. The number of nitrogens with zero attached hydrogens (tertiary/aromatic N) is 2. The van der Waals surface area contributed by atoms with Crippen molar-refractivity contribution in [1.82, 2.24) is 9.13 Å². The topological polar surface area (TPSA) is 73.1 Å². The zero-order valence-electron chi connectivity index (χ0n) is 14.5. The molecule has 1 N–H and O–H groups in total. The van der Waals surface area contributed by atoms with Crippen LogP contribution in [0.15, 0.2) is 39.2 Å². The van der Waals surface area contributed by atoms with Gasteiger partial charge in [0.2, 0.25) is 5.91 Å². The number of thiophene rings is 1. The van der Waals surface area contributed by atoms with Crippen molar-refractivity contribution in [2.24, 2.45) is 0 Å². The molecule has 0 unspecified atom stereocenters. The SMILES string of the molecule is CCCCn1c(=O)c2sccc2n(CC(=O)Nc2ccc(F)cc2F)c1=O. The molecule has 142 valence electrons. The summed E-state index contributed by atoms with van der Waals surface area (Å²) in [6, 6.07) is 4.38. The maximum Gasteiger partial charge on any atom is 0.332 e. The molecule has 3 aromatic rings. The van der Waals surface area contributed by atoms with Gasteiger partial charge in [-0.05, 0) is 30.0 Å². The molecular weight excluding hydrogens is 376 g/mol. The van der Waals surface area contributed by atoms with E-state index in [4.69, 9.17) is 0 Å². The van der Waals surface area contributed by atoms with E-state index < -0.39 is 29.8 Å². The van der Waals surface area contributed by atoms with Gasteiger partial charge >= 0.3 is 5.69 Å². The number of unbranched alkanes of at least 4 members (excludes halogenated alkanes) is 1. The van der Waals surface area contributed by atoms with Crippen molar-refractivity contribution < 1.29 is 13.6 Å². The molecule has 2 aromatic heterocycles. The van der Waals surface area contributed by atoms with Crippen LogP contribution < -0.4 is 16.6 Å². The highest BCUT2D eigenvalue weighted by atomic mass is 32.1. The highest BCUT2D eigenvalue weighted by Gasteiger charge is 2.17. The van der Waals surface area contributed by atoms with Crippen LogP contribution in [-0.2, 0) is 17.9 Å². The minimum Gasteiger partial charge on any atom is -0.322 e. The number of amides is 1. The van der Waals surface area contributed by atoms with E-state index in [2.05, 4.69) is 5.32 Å². The van der Waals surface area contributed by atoms with Gasteiger partial charge in [0.1, 0.15) is 22.9 Å². The Morgan fingerprint density at radius 2 is 1.96 bits per heavy atom. The fraction of sp³-hybridized carbons (Fsp3) is 0.278. The number of anilines is 1. The smallest absolute Gasteiger partial charge is 0.322 e. The number of nitrogens with one attached hydrogen (secondary N) is 1. The fourth-order valence-corrected chi connectivity index (χ4v) is 3.57. The van der Waals surface area contributed by atoms with E-state index in [1.165, 1.54) is 15.9 Å². The lowest BCUT2D eigenvalue weighted by Crippen LogP contribution is -2.41. The van der Waals surface area contributed by atoms with E-state index in [0.29, 0.717) is 22.7 Å². The summed E-state index contributed by atoms with van der Waals surface area (Å²) >= 11 is 1.19. The summed E-state index contributed by atoms with van der Waals surface area (Å²) in [5.74, 6) is -2.33. The fourth-order valence-electron chi connectivity index (χ4n) is 2.72. The summed E-state index contributed by atoms with van der Waals surface area (Å²) in [5, 5.41) is 3.99. The highest BCUT2D eigenvalue weighted by molar-refractivity contribution is 7.17. The maximum atomic E-state index is 13.7. The number of hydrogen-bond acceptors (Lipinski definition) is 4. The van der Waals surface area contributed by atoms with E-state index >= 15 is 0 Å². The predicted octanol–water partition coefficient (Wildman–Crippen LogP) is 2.94. The van der Waals surface area contributed by atoms with Gasteiger partial charge in [0, 0.05) is 12.6 Å². The zero-order chi connectivity index (χ0) is 19.6. The summed E-state index contributed by atoms with van der Waals surface area (Å²) in [7, 11) is 0. The van der Waals surface area contributed by atoms with Gasteiger partial charge < -0.3 is 5.32 Å². The van der Waals surface area contributed by atoms with Gasteiger partial charge in [0.05, 0.1) is 11.2 Å². The van der Waals surface area contributed by atoms with Crippen molar-refractivity contribution in [3.05, 3.63) is 62.1 Å². The maximum absolute atomic E-state index is 13.7. The molecule has 0 saturated heterocycles. The minimum absolute atomic E-state index is 0.185. The Kier molecular flexibility index (Phi) is 5.50. The van der Waals surface area contributed by atoms with E-state index in [9.17, 15) is 23.2 Å². The highest BCUT2D eigenvalue weighted by Crippen LogP contribution is 2.17. The van der Waals surface area contributed by atoms with Crippen molar-refractivity contribution in [1.29, 1.82) is 0 Å². The summed E-state index contributed by atoms with van der Waals surface area (Å²) in [5.41, 5.74) is -0.790. The first kappa shape index (κ1) is 19.0. The molecule has 0 bridgehead atoms. The number of fused-ring (bicyclic) bond motifs is 1. The molecule has 1 amide bonds. The lowest BCUT2D eigenvalue weighted by Gasteiger charge is -2.12. The number of hydrogen-bond donors (Lipinski definition) is 1. The third kappa shape index (κ3) is 3.82. The van der Waals surface area contributed by atoms with Gasteiger partial charge in [-0.3, -0.25) is 18.7 Å². The van der Waals surface area contributed by atoms with E-state index in [0.717, 1.165) is 23.1 Å².